The van der Waals surface area contributed by atoms with Gasteiger partial charge in [-0.15, -0.1) is 0 Å². The summed E-state index contributed by atoms with van der Waals surface area (Å²) in [6.07, 6.45) is 38.1. The maximum Gasteiger partial charge on any atom is 0.330 e. The highest BCUT2D eigenvalue weighted by Gasteiger charge is 2.25. The topological polar surface area (TPSA) is 75.7 Å². The predicted octanol–water partition coefficient (Wildman–Crippen LogP) is 6.69. The Morgan fingerprint density at radius 1 is 0.769 bits per heavy atom. The molecule has 0 aromatic carbocycles. The number of rotatable bonds is 18. The molecular formula is C33H48N2O4. The van der Waals surface area contributed by atoms with Crippen molar-refractivity contribution in [2.75, 3.05) is 20.2 Å². The van der Waals surface area contributed by atoms with Crippen LogP contribution >= 0.6 is 0 Å². The van der Waals surface area contributed by atoms with E-state index in [0.29, 0.717) is 25.9 Å². The molecule has 1 rings (SSSR count). The molecule has 39 heavy (non-hydrogen) atoms. The highest BCUT2D eigenvalue weighted by molar-refractivity contribution is 5.94. The largest absolute Gasteiger partial charge is 0.466 e. The van der Waals surface area contributed by atoms with Crippen LogP contribution in [0.3, 0.4) is 0 Å². The number of carbonyl (C=O) groups excluding carboxylic acids is 3. The maximum atomic E-state index is 12.4. The van der Waals surface area contributed by atoms with Crippen LogP contribution in [0.2, 0.25) is 0 Å². The summed E-state index contributed by atoms with van der Waals surface area (Å²) < 4.78 is 4.54. The molecule has 0 spiro atoms. The smallest absolute Gasteiger partial charge is 0.330 e. The number of hydrogen-bond acceptors (Lipinski definition) is 4. The number of ether oxygens (including phenoxy) is 1. The van der Waals surface area contributed by atoms with Crippen molar-refractivity contribution in [3.63, 3.8) is 0 Å². The molecule has 1 aliphatic heterocycles. The van der Waals surface area contributed by atoms with Crippen molar-refractivity contribution in [2.45, 2.75) is 83.6 Å². The minimum Gasteiger partial charge on any atom is -0.466 e. The molecule has 1 atom stereocenters. The Balaban J connectivity index is 2.14. The lowest BCUT2D eigenvalue weighted by molar-refractivity contribution is -0.135. The van der Waals surface area contributed by atoms with Crippen molar-refractivity contribution >= 4 is 17.8 Å². The van der Waals surface area contributed by atoms with Crippen LogP contribution in [-0.2, 0) is 19.1 Å². The van der Waals surface area contributed by atoms with E-state index in [1.807, 2.05) is 6.08 Å². The van der Waals surface area contributed by atoms with E-state index in [0.717, 1.165) is 63.9 Å². The average molecular weight is 537 g/mol. The van der Waals surface area contributed by atoms with Gasteiger partial charge in [-0.05, 0) is 64.2 Å². The first-order chi connectivity index (χ1) is 19.1. The summed E-state index contributed by atoms with van der Waals surface area (Å²) in [5.74, 6) is -0.797. The molecule has 1 aliphatic rings. The van der Waals surface area contributed by atoms with Gasteiger partial charge in [0.25, 0.3) is 0 Å². The first kappa shape index (κ1) is 33.6. The van der Waals surface area contributed by atoms with Gasteiger partial charge in [0.2, 0.25) is 11.8 Å². The Morgan fingerprint density at radius 3 is 1.85 bits per heavy atom. The lowest BCUT2D eigenvalue weighted by Crippen LogP contribution is -2.49. The zero-order chi connectivity index (χ0) is 28.4. The third kappa shape index (κ3) is 18.5. The Labute approximate surface area is 235 Å². The van der Waals surface area contributed by atoms with Gasteiger partial charge < -0.3 is 15.0 Å². The number of carbonyl (C=O) groups is 3. The molecule has 0 aromatic rings. The van der Waals surface area contributed by atoms with Gasteiger partial charge in [-0.25, -0.2) is 4.79 Å². The fourth-order valence-electron chi connectivity index (χ4n) is 3.98. The van der Waals surface area contributed by atoms with E-state index in [-0.39, 0.29) is 17.9 Å². The minimum absolute atomic E-state index is 0.0161. The van der Waals surface area contributed by atoms with E-state index < -0.39 is 5.97 Å². The molecule has 0 radical (unpaired) electrons. The van der Waals surface area contributed by atoms with Crippen molar-refractivity contribution in [1.29, 1.82) is 0 Å². The molecule has 2 amide bonds. The van der Waals surface area contributed by atoms with Crippen LogP contribution < -0.4 is 5.32 Å². The number of esters is 1. The highest BCUT2D eigenvalue weighted by Crippen LogP contribution is 2.17. The summed E-state index contributed by atoms with van der Waals surface area (Å²) in [4.78, 5) is 37.7. The van der Waals surface area contributed by atoms with Crippen LogP contribution in [0.25, 0.3) is 0 Å². The van der Waals surface area contributed by atoms with E-state index in [1.54, 1.807) is 4.90 Å². The van der Waals surface area contributed by atoms with Crippen LogP contribution in [0, 0.1) is 0 Å². The zero-order valence-corrected chi connectivity index (χ0v) is 23.9. The first-order valence-corrected chi connectivity index (χ1v) is 14.3. The number of methoxy groups -OCH3 is 1. The van der Waals surface area contributed by atoms with Gasteiger partial charge in [0.1, 0.15) is 0 Å². The predicted molar refractivity (Wildman–Crippen MR) is 161 cm³/mol. The molecule has 1 N–H and O–H groups in total. The maximum absolute atomic E-state index is 12.4. The number of allylic oxidation sites excluding steroid dienone is 12. The van der Waals surface area contributed by atoms with E-state index in [9.17, 15) is 14.4 Å². The van der Waals surface area contributed by atoms with Crippen molar-refractivity contribution in [3.05, 3.63) is 85.1 Å². The molecule has 1 fully saturated rings. The number of nitrogens with zero attached hydrogens (tertiary/aromatic N) is 1. The van der Waals surface area contributed by atoms with Crippen LogP contribution in [0.15, 0.2) is 85.1 Å². The first-order valence-electron chi connectivity index (χ1n) is 14.3. The summed E-state index contributed by atoms with van der Waals surface area (Å²) in [5.41, 5.74) is 0. The molecule has 1 saturated heterocycles. The van der Waals surface area contributed by atoms with Gasteiger partial charge >= 0.3 is 5.97 Å². The standard InChI is InChI=1S/C33H48N2O4/c1-3-4-5-6-7-8-9-10-11-12-13-14-15-16-17-18-19-20-21-25-31(36)34-29-30-24-22-23-28-35(30)32(37)26-27-33(38)39-2/h4-5,7-8,10-11,13-14,16-17,19-20,26-27,30H,3,6,9,12,15,18,21-25,28-29H2,1-2H3,(H,34,36). The molecule has 1 heterocycles. The van der Waals surface area contributed by atoms with Crippen LogP contribution in [0.1, 0.15) is 77.6 Å². The second-order valence-electron chi connectivity index (χ2n) is 9.30. The SMILES string of the molecule is CCC=CCC=CCC=CCC=CCC=CCC=CCCC(=O)NCC1CCCCN1C(=O)C=CC(=O)OC. The summed E-state index contributed by atoms with van der Waals surface area (Å²) >= 11 is 0. The van der Waals surface area contributed by atoms with Crippen molar-refractivity contribution in [3.8, 4) is 0 Å². The van der Waals surface area contributed by atoms with Gasteiger partial charge in [-0.1, -0.05) is 79.8 Å². The number of piperidine rings is 1. The third-order valence-corrected chi connectivity index (χ3v) is 6.14. The molecule has 0 bridgehead atoms. The zero-order valence-electron chi connectivity index (χ0n) is 23.9. The summed E-state index contributed by atoms with van der Waals surface area (Å²) in [6, 6.07) is -0.0524. The number of likely N-dealkylation sites (tertiary alicyclic amines) is 1. The lowest BCUT2D eigenvalue weighted by atomic mass is 10.0. The van der Waals surface area contributed by atoms with Crippen LogP contribution in [-0.4, -0.2) is 48.9 Å². The summed E-state index contributed by atoms with van der Waals surface area (Å²) in [6.45, 7) is 3.21. The number of amides is 2. The molecule has 6 nitrogen and oxygen atoms in total. The van der Waals surface area contributed by atoms with Gasteiger partial charge in [-0.2, -0.15) is 0 Å². The van der Waals surface area contributed by atoms with Crippen molar-refractivity contribution in [1.82, 2.24) is 10.2 Å². The van der Waals surface area contributed by atoms with Crippen molar-refractivity contribution in [2.24, 2.45) is 0 Å². The molecule has 0 aliphatic carbocycles. The van der Waals surface area contributed by atoms with Gasteiger partial charge in [0.15, 0.2) is 0 Å². The number of hydrogen-bond donors (Lipinski definition) is 1. The molecule has 0 aromatic heterocycles. The third-order valence-electron chi connectivity index (χ3n) is 6.14. The summed E-state index contributed by atoms with van der Waals surface area (Å²) in [7, 11) is 1.27. The lowest BCUT2D eigenvalue weighted by Gasteiger charge is -2.35. The van der Waals surface area contributed by atoms with E-state index in [1.165, 1.54) is 13.2 Å². The quantitative estimate of drug-likeness (QED) is 0.120. The Hall–Kier alpha value is -3.41. The second-order valence-corrected chi connectivity index (χ2v) is 9.30. The van der Waals surface area contributed by atoms with Gasteiger partial charge in [0, 0.05) is 37.7 Å². The molecule has 0 saturated carbocycles. The van der Waals surface area contributed by atoms with Crippen molar-refractivity contribution < 1.29 is 19.1 Å². The minimum atomic E-state index is -0.556. The average Bonchev–Trinajstić information content (AvgIpc) is 2.95. The van der Waals surface area contributed by atoms with E-state index >= 15 is 0 Å². The summed E-state index contributed by atoms with van der Waals surface area (Å²) in [5, 5.41) is 2.96. The van der Waals surface area contributed by atoms with Gasteiger partial charge in [-0.3, -0.25) is 9.59 Å². The second kappa shape index (κ2) is 23.7. The molecular weight excluding hydrogens is 488 g/mol. The Kier molecular flexibility index (Phi) is 20.4. The normalized spacial score (nSPS) is 16.8. The fourth-order valence-corrected chi connectivity index (χ4v) is 3.98. The monoisotopic (exact) mass is 536 g/mol. The van der Waals surface area contributed by atoms with E-state index in [2.05, 4.69) is 83.8 Å². The van der Waals surface area contributed by atoms with E-state index in [4.69, 9.17) is 0 Å². The molecule has 6 heteroatoms. The Bertz CT molecular complexity index is 909. The van der Waals surface area contributed by atoms with Crippen LogP contribution in [0.5, 0.6) is 0 Å². The fraction of sp³-hybridized carbons (Fsp3) is 0.485. The molecule has 214 valence electrons. The van der Waals surface area contributed by atoms with Crippen LogP contribution in [0.4, 0.5) is 0 Å². The highest BCUT2D eigenvalue weighted by atomic mass is 16.5. The number of nitrogens with one attached hydrogen (secondary N) is 1. The molecule has 1 unspecified atom stereocenters. The Morgan fingerprint density at radius 2 is 1.31 bits per heavy atom. The van der Waals surface area contributed by atoms with Gasteiger partial charge in [0.05, 0.1) is 7.11 Å².